The molecule has 0 aliphatic heterocycles. The Morgan fingerprint density at radius 1 is 1.14 bits per heavy atom. The SMILES string of the molecule is Cc1ccc(C(C)(C)C(=O)NCc2ccc(C(=O)O)s2)cc1. The van der Waals surface area contributed by atoms with Crippen molar-refractivity contribution in [2.45, 2.75) is 32.7 Å². The first-order valence-electron chi connectivity index (χ1n) is 6.98. The molecule has 4 nitrogen and oxygen atoms in total. The second-order valence-corrected chi connectivity index (χ2v) is 6.91. The summed E-state index contributed by atoms with van der Waals surface area (Å²) >= 11 is 1.18. The Hall–Kier alpha value is -2.14. The minimum absolute atomic E-state index is 0.0818. The Kier molecular flexibility index (Phi) is 4.66. The van der Waals surface area contributed by atoms with E-state index in [0.717, 1.165) is 16.0 Å². The number of aryl methyl sites for hydroxylation is 1. The number of carbonyl (C=O) groups is 2. The van der Waals surface area contributed by atoms with E-state index in [9.17, 15) is 9.59 Å². The lowest BCUT2D eigenvalue weighted by Crippen LogP contribution is -2.39. The zero-order chi connectivity index (χ0) is 16.3. The second kappa shape index (κ2) is 6.32. The van der Waals surface area contributed by atoms with Crippen molar-refractivity contribution in [3.63, 3.8) is 0 Å². The van der Waals surface area contributed by atoms with Gasteiger partial charge in [-0.3, -0.25) is 4.79 Å². The highest BCUT2D eigenvalue weighted by Crippen LogP contribution is 2.24. The highest BCUT2D eigenvalue weighted by atomic mass is 32.1. The minimum Gasteiger partial charge on any atom is -0.477 e. The lowest BCUT2D eigenvalue weighted by molar-refractivity contribution is -0.125. The van der Waals surface area contributed by atoms with Crippen LogP contribution in [0.25, 0.3) is 0 Å². The standard InChI is InChI=1S/C17H19NO3S/c1-11-4-6-12(7-5-11)17(2,3)16(21)18-10-13-8-9-14(22-13)15(19)20/h4-9H,10H2,1-3H3,(H,18,21)(H,19,20). The van der Waals surface area contributed by atoms with Crippen LogP contribution in [-0.2, 0) is 16.8 Å². The van der Waals surface area contributed by atoms with Crippen LogP contribution in [0.3, 0.4) is 0 Å². The number of carbonyl (C=O) groups excluding carboxylic acids is 1. The van der Waals surface area contributed by atoms with Crippen molar-refractivity contribution in [3.05, 3.63) is 57.3 Å². The van der Waals surface area contributed by atoms with Gasteiger partial charge in [0.05, 0.1) is 12.0 Å². The Morgan fingerprint density at radius 2 is 1.77 bits per heavy atom. The van der Waals surface area contributed by atoms with Crippen LogP contribution < -0.4 is 5.32 Å². The largest absolute Gasteiger partial charge is 0.477 e. The third kappa shape index (κ3) is 3.54. The molecule has 0 bridgehead atoms. The highest BCUT2D eigenvalue weighted by molar-refractivity contribution is 7.13. The average Bonchev–Trinajstić information content (AvgIpc) is 2.94. The molecule has 0 aliphatic carbocycles. The highest BCUT2D eigenvalue weighted by Gasteiger charge is 2.29. The van der Waals surface area contributed by atoms with Gasteiger partial charge in [0, 0.05) is 4.88 Å². The Labute approximate surface area is 133 Å². The van der Waals surface area contributed by atoms with E-state index < -0.39 is 11.4 Å². The molecule has 1 heterocycles. The van der Waals surface area contributed by atoms with E-state index in [1.807, 2.05) is 45.0 Å². The summed E-state index contributed by atoms with van der Waals surface area (Å²) in [6.07, 6.45) is 0. The predicted molar refractivity (Wildman–Crippen MR) is 87.3 cm³/mol. The number of amides is 1. The van der Waals surface area contributed by atoms with Gasteiger partial charge in [-0.25, -0.2) is 4.79 Å². The van der Waals surface area contributed by atoms with Crippen LogP contribution in [-0.4, -0.2) is 17.0 Å². The number of rotatable bonds is 5. The van der Waals surface area contributed by atoms with Crippen molar-refractivity contribution in [1.82, 2.24) is 5.32 Å². The van der Waals surface area contributed by atoms with Gasteiger partial charge in [0.1, 0.15) is 4.88 Å². The molecule has 2 N–H and O–H groups in total. The zero-order valence-electron chi connectivity index (χ0n) is 12.8. The maximum atomic E-state index is 12.4. The van der Waals surface area contributed by atoms with Crippen LogP contribution >= 0.6 is 11.3 Å². The molecular weight excluding hydrogens is 298 g/mol. The van der Waals surface area contributed by atoms with E-state index in [2.05, 4.69) is 5.32 Å². The molecule has 0 aliphatic rings. The molecule has 0 unspecified atom stereocenters. The van der Waals surface area contributed by atoms with Crippen LogP contribution in [0, 0.1) is 6.92 Å². The third-order valence-electron chi connectivity index (χ3n) is 3.64. The van der Waals surface area contributed by atoms with Gasteiger partial charge in [-0.2, -0.15) is 0 Å². The maximum Gasteiger partial charge on any atom is 0.345 e. The third-order valence-corrected chi connectivity index (χ3v) is 4.71. The van der Waals surface area contributed by atoms with E-state index in [-0.39, 0.29) is 10.8 Å². The topological polar surface area (TPSA) is 66.4 Å². The second-order valence-electron chi connectivity index (χ2n) is 5.74. The van der Waals surface area contributed by atoms with Crippen molar-refractivity contribution in [2.75, 3.05) is 0 Å². The van der Waals surface area contributed by atoms with E-state index in [4.69, 9.17) is 5.11 Å². The smallest absolute Gasteiger partial charge is 0.345 e. The van der Waals surface area contributed by atoms with Crippen molar-refractivity contribution in [1.29, 1.82) is 0 Å². The fourth-order valence-corrected chi connectivity index (χ4v) is 2.86. The molecule has 0 saturated heterocycles. The first kappa shape index (κ1) is 16.2. The molecule has 0 fully saturated rings. The summed E-state index contributed by atoms with van der Waals surface area (Å²) in [6, 6.07) is 11.2. The average molecular weight is 317 g/mol. The molecular formula is C17H19NO3S. The number of thiophene rings is 1. The summed E-state index contributed by atoms with van der Waals surface area (Å²) in [5.74, 6) is -1.02. The molecule has 0 saturated carbocycles. The van der Waals surface area contributed by atoms with Crippen molar-refractivity contribution in [2.24, 2.45) is 0 Å². The summed E-state index contributed by atoms with van der Waals surface area (Å²) in [4.78, 5) is 24.4. The number of hydrogen-bond donors (Lipinski definition) is 2. The summed E-state index contributed by atoms with van der Waals surface area (Å²) in [5, 5.41) is 11.8. The van der Waals surface area contributed by atoms with Crippen LogP contribution in [0.1, 0.15) is 39.5 Å². The first-order valence-corrected chi connectivity index (χ1v) is 7.80. The fraction of sp³-hybridized carbons (Fsp3) is 0.294. The molecule has 2 rings (SSSR count). The summed E-state index contributed by atoms with van der Waals surface area (Å²) in [6.45, 7) is 6.11. The zero-order valence-corrected chi connectivity index (χ0v) is 13.7. The first-order chi connectivity index (χ1) is 10.3. The van der Waals surface area contributed by atoms with Gasteiger partial charge in [0.25, 0.3) is 0 Å². The van der Waals surface area contributed by atoms with Gasteiger partial charge in [-0.1, -0.05) is 29.8 Å². The van der Waals surface area contributed by atoms with E-state index >= 15 is 0 Å². The van der Waals surface area contributed by atoms with Gasteiger partial charge in [-0.15, -0.1) is 11.3 Å². The van der Waals surface area contributed by atoms with Crippen molar-refractivity contribution < 1.29 is 14.7 Å². The van der Waals surface area contributed by atoms with Gasteiger partial charge in [0.2, 0.25) is 5.91 Å². The lowest BCUT2D eigenvalue weighted by atomic mass is 9.83. The van der Waals surface area contributed by atoms with Gasteiger partial charge in [-0.05, 0) is 38.5 Å². The number of hydrogen-bond acceptors (Lipinski definition) is 3. The Bertz CT molecular complexity index is 686. The number of carboxylic acid groups (broad SMARTS) is 1. The summed E-state index contributed by atoms with van der Waals surface area (Å²) in [7, 11) is 0. The van der Waals surface area contributed by atoms with Crippen molar-refractivity contribution >= 4 is 23.2 Å². The molecule has 22 heavy (non-hydrogen) atoms. The van der Waals surface area contributed by atoms with Crippen LogP contribution in [0.4, 0.5) is 0 Å². The number of carboxylic acids is 1. The minimum atomic E-state index is -0.942. The van der Waals surface area contributed by atoms with E-state index in [1.54, 1.807) is 12.1 Å². The molecule has 1 aromatic heterocycles. The maximum absolute atomic E-state index is 12.4. The van der Waals surface area contributed by atoms with Crippen LogP contribution in [0.2, 0.25) is 0 Å². The normalized spacial score (nSPS) is 11.2. The van der Waals surface area contributed by atoms with Gasteiger partial charge in [0.15, 0.2) is 0 Å². The van der Waals surface area contributed by atoms with Gasteiger partial charge < -0.3 is 10.4 Å². The quantitative estimate of drug-likeness (QED) is 0.888. The van der Waals surface area contributed by atoms with E-state index in [1.165, 1.54) is 11.3 Å². The number of aromatic carboxylic acids is 1. The molecule has 1 amide bonds. The predicted octanol–water partition coefficient (Wildman–Crippen LogP) is 3.35. The Balaban J connectivity index is 2.04. The molecule has 0 spiro atoms. The summed E-state index contributed by atoms with van der Waals surface area (Å²) < 4.78 is 0. The molecule has 1 aromatic carbocycles. The monoisotopic (exact) mass is 317 g/mol. The molecule has 0 atom stereocenters. The molecule has 116 valence electrons. The Morgan fingerprint density at radius 3 is 2.32 bits per heavy atom. The van der Waals surface area contributed by atoms with Gasteiger partial charge >= 0.3 is 5.97 Å². The molecule has 0 radical (unpaired) electrons. The number of benzene rings is 1. The molecule has 2 aromatic rings. The van der Waals surface area contributed by atoms with E-state index in [0.29, 0.717) is 6.54 Å². The lowest BCUT2D eigenvalue weighted by Gasteiger charge is -2.24. The molecule has 5 heteroatoms. The fourth-order valence-electron chi connectivity index (χ4n) is 2.08. The van der Waals surface area contributed by atoms with Crippen LogP contribution in [0.5, 0.6) is 0 Å². The van der Waals surface area contributed by atoms with Crippen LogP contribution in [0.15, 0.2) is 36.4 Å². The van der Waals surface area contributed by atoms with Crippen molar-refractivity contribution in [3.8, 4) is 0 Å². The summed E-state index contributed by atoms with van der Waals surface area (Å²) in [5.41, 5.74) is 1.47. The number of nitrogens with one attached hydrogen (secondary N) is 1.